The fourth-order valence-corrected chi connectivity index (χ4v) is 1.44. The fourth-order valence-electron chi connectivity index (χ4n) is 1.10. The van der Waals surface area contributed by atoms with Crippen LogP contribution in [0.3, 0.4) is 0 Å². The summed E-state index contributed by atoms with van der Waals surface area (Å²) in [6.45, 7) is 0. The Morgan fingerprint density at radius 2 is 2.19 bits per heavy atom. The van der Waals surface area contributed by atoms with Gasteiger partial charge in [-0.3, -0.25) is 4.79 Å². The third-order valence-electron chi connectivity index (χ3n) is 1.84. The average molecular weight is 257 g/mol. The minimum atomic E-state index is -0.405. The zero-order valence-corrected chi connectivity index (χ0v) is 9.42. The molecule has 0 unspecified atom stereocenters. The molecule has 2 aromatic rings. The molecule has 0 radical (unpaired) electrons. The summed E-state index contributed by atoms with van der Waals surface area (Å²) < 4.78 is 4.70. The second-order valence-corrected chi connectivity index (χ2v) is 3.80. The van der Waals surface area contributed by atoms with E-state index in [0.29, 0.717) is 15.7 Å². The number of hydrogen-bond donors (Lipinski definition) is 1. The number of halogens is 2. The van der Waals surface area contributed by atoms with Gasteiger partial charge in [-0.25, -0.2) is 4.98 Å². The molecule has 4 nitrogen and oxygen atoms in total. The normalized spacial score (nSPS) is 10.1. The Kier molecular flexibility index (Phi) is 3.12. The van der Waals surface area contributed by atoms with E-state index in [1.165, 1.54) is 12.7 Å². The maximum Gasteiger partial charge on any atom is 0.277 e. The molecule has 0 saturated heterocycles. The number of carbonyl (C=O) groups excluding carboxylic acids is 1. The first-order chi connectivity index (χ1) is 7.66. The first-order valence-electron chi connectivity index (χ1n) is 4.31. The van der Waals surface area contributed by atoms with Crippen molar-refractivity contribution in [2.75, 3.05) is 5.32 Å². The van der Waals surface area contributed by atoms with Gasteiger partial charge in [0.15, 0.2) is 12.1 Å². The molecule has 6 heteroatoms. The van der Waals surface area contributed by atoms with Gasteiger partial charge in [0, 0.05) is 5.02 Å². The van der Waals surface area contributed by atoms with Crippen LogP contribution in [0.2, 0.25) is 10.0 Å². The summed E-state index contributed by atoms with van der Waals surface area (Å²) in [5.74, 6) is -0.405. The molecule has 0 aliphatic rings. The molecule has 0 fully saturated rings. The average Bonchev–Trinajstić information content (AvgIpc) is 2.76. The molecule has 1 amide bonds. The number of benzene rings is 1. The zero-order valence-electron chi connectivity index (χ0n) is 7.91. The number of anilines is 1. The number of nitrogens with zero attached hydrogens (tertiary/aromatic N) is 1. The smallest absolute Gasteiger partial charge is 0.277 e. The lowest BCUT2D eigenvalue weighted by Crippen LogP contribution is -2.12. The van der Waals surface area contributed by atoms with Crippen molar-refractivity contribution in [1.29, 1.82) is 0 Å². The number of nitrogens with one attached hydrogen (secondary N) is 1. The molecule has 82 valence electrons. The Bertz CT molecular complexity index is 512. The Morgan fingerprint density at radius 3 is 2.88 bits per heavy atom. The highest BCUT2D eigenvalue weighted by Gasteiger charge is 2.11. The molecule has 0 spiro atoms. The van der Waals surface area contributed by atoms with Crippen LogP contribution in [0.15, 0.2) is 35.3 Å². The summed E-state index contributed by atoms with van der Waals surface area (Å²) in [5.41, 5.74) is 0.609. The Hall–Kier alpha value is -1.52. The van der Waals surface area contributed by atoms with Gasteiger partial charge in [-0.05, 0) is 18.2 Å². The number of amides is 1. The Morgan fingerprint density at radius 1 is 1.38 bits per heavy atom. The van der Waals surface area contributed by atoms with Gasteiger partial charge in [0.05, 0.1) is 10.7 Å². The molecule has 0 bridgehead atoms. The minimum absolute atomic E-state index is 0.177. The Labute approximate surface area is 101 Å². The van der Waals surface area contributed by atoms with Gasteiger partial charge in [0.25, 0.3) is 5.91 Å². The number of carbonyl (C=O) groups is 1. The van der Waals surface area contributed by atoms with Crippen LogP contribution in [0.1, 0.15) is 10.5 Å². The summed E-state index contributed by atoms with van der Waals surface area (Å²) in [6, 6.07) is 4.79. The lowest BCUT2D eigenvalue weighted by Gasteiger charge is -2.05. The number of oxazole rings is 1. The Balaban J connectivity index is 2.21. The van der Waals surface area contributed by atoms with Crippen LogP contribution in [-0.4, -0.2) is 10.9 Å². The third kappa shape index (κ3) is 2.35. The summed E-state index contributed by atoms with van der Waals surface area (Å²) in [6.07, 6.45) is 2.42. The van der Waals surface area contributed by atoms with Crippen LogP contribution in [0.25, 0.3) is 0 Å². The summed E-state index contributed by atoms with van der Waals surface area (Å²) in [4.78, 5) is 15.3. The van der Waals surface area contributed by atoms with Gasteiger partial charge in [0.2, 0.25) is 0 Å². The van der Waals surface area contributed by atoms with Crippen LogP contribution >= 0.6 is 23.2 Å². The van der Waals surface area contributed by atoms with Gasteiger partial charge in [-0.15, -0.1) is 0 Å². The monoisotopic (exact) mass is 256 g/mol. The first kappa shape index (κ1) is 11.0. The quantitative estimate of drug-likeness (QED) is 0.898. The second kappa shape index (κ2) is 4.55. The number of aromatic nitrogens is 1. The van der Waals surface area contributed by atoms with Crippen LogP contribution in [0.5, 0.6) is 0 Å². The second-order valence-electron chi connectivity index (χ2n) is 2.95. The van der Waals surface area contributed by atoms with E-state index in [1.807, 2.05) is 0 Å². The van der Waals surface area contributed by atoms with Gasteiger partial charge in [-0.1, -0.05) is 23.2 Å². The van der Waals surface area contributed by atoms with E-state index in [1.54, 1.807) is 18.2 Å². The highest BCUT2D eigenvalue weighted by atomic mass is 35.5. The van der Waals surface area contributed by atoms with E-state index in [-0.39, 0.29) is 5.69 Å². The van der Waals surface area contributed by atoms with Gasteiger partial charge in [0.1, 0.15) is 6.26 Å². The third-order valence-corrected chi connectivity index (χ3v) is 2.41. The highest BCUT2D eigenvalue weighted by Crippen LogP contribution is 2.25. The lowest BCUT2D eigenvalue weighted by atomic mass is 10.3. The van der Waals surface area contributed by atoms with Crippen LogP contribution in [0.4, 0.5) is 5.69 Å². The predicted octanol–water partition coefficient (Wildman–Crippen LogP) is 3.23. The predicted molar refractivity (Wildman–Crippen MR) is 60.9 cm³/mol. The molecule has 16 heavy (non-hydrogen) atoms. The molecule has 0 aliphatic carbocycles. The van der Waals surface area contributed by atoms with E-state index in [0.717, 1.165) is 0 Å². The zero-order chi connectivity index (χ0) is 11.5. The van der Waals surface area contributed by atoms with Crippen molar-refractivity contribution in [1.82, 2.24) is 4.98 Å². The van der Waals surface area contributed by atoms with Crippen molar-refractivity contribution < 1.29 is 9.21 Å². The topological polar surface area (TPSA) is 55.1 Å². The highest BCUT2D eigenvalue weighted by molar-refractivity contribution is 6.35. The fraction of sp³-hybridized carbons (Fsp3) is 0. The van der Waals surface area contributed by atoms with E-state index in [9.17, 15) is 4.79 Å². The maximum atomic E-state index is 11.6. The first-order valence-corrected chi connectivity index (χ1v) is 5.07. The SMILES string of the molecule is O=C(Nc1cc(Cl)ccc1Cl)c1cocn1. The van der Waals surface area contributed by atoms with Gasteiger partial charge >= 0.3 is 0 Å². The number of hydrogen-bond acceptors (Lipinski definition) is 3. The molecular formula is C10H6Cl2N2O2. The van der Waals surface area contributed by atoms with Crippen LogP contribution in [0, 0.1) is 0 Å². The van der Waals surface area contributed by atoms with Crippen molar-refractivity contribution in [3.63, 3.8) is 0 Å². The minimum Gasteiger partial charge on any atom is -0.451 e. The van der Waals surface area contributed by atoms with Crippen molar-refractivity contribution in [3.8, 4) is 0 Å². The standard InChI is InChI=1S/C10H6Cl2N2O2/c11-6-1-2-7(12)8(3-6)14-10(15)9-4-16-5-13-9/h1-5H,(H,14,15). The van der Waals surface area contributed by atoms with E-state index in [2.05, 4.69) is 10.3 Å². The van der Waals surface area contributed by atoms with Crippen LogP contribution < -0.4 is 5.32 Å². The summed E-state index contributed by atoms with van der Waals surface area (Å²) >= 11 is 11.7. The van der Waals surface area contributed by atoms with Gasteiger partial charge in [-0.2, -0.15) is 0 Å². The number of rotatable bonds is 2. The van der Waals surface area contributed by atoms with Crippen molar-refractivity contribution in [3.05, 3.63) is 46.6 Å². The molecule has 0 atom stereocenters. The van der Waals surface area contributed by atoms with Crippen molar-refractivity contribution >= 4 is 34.8 Å². The molecular weight excluding hydrogens is 251 g/mol. The van der Waals surface area contributed by atoms with Gasteiger partial charge < -0.3 is 9.73 Å². The largest absolute Gasteiger partial charge is 0.451 e. The molecule has 2 rings (SSSR count). The maximum absolute atomic E-state index is 11.6. The molecule has 0 aliphatic heterocycles. The van der Waals surface area contributed by atoms with E-state index >= 15 is 0 Å². The molecule has 1 N–H and O–H groups in total. The lowest BCUT2D eigenvalue weighted by molar-refractivity contribution is 0.102. The van der Waals surface area contributed by atoms with Crippen molar-refractivity contribution in [2.45, 2.75) is 0 Å². The molecule has 1 heterocycles. The van der Waals surface area contributed by atoms with Crippen LogP contribution in [-0.2, 0) is 0 Å². The molecule has 1 aromatic heterocycles. The summed E-state index contributed by atoms with van der Waals surface area (Å²) in [5, 5.41) is 3.47. The molecule has 0 saturated carbocycles. The summed E-state index contributed by atoms with van der Waals surface area (Å²) in [7, 11) is 0. The van der Waals surface area contributed by atoms with E-state index < -0.39 is 5.91 Å². The van der Waals surface area contributed by atoms with E-state index in [4.69, 9.17) is 27.6 Å². The molecule has 1 aromatic carbocycles. The van der Waals surface area contributed by atoms with Crippen molar-refractivity contribution in [2.24, 2.45) is 0 Å².